The van der Waals surface area contributed by atoms with Crippen molar-refractivity contribution in [3.8, 4) is 5.75 Å². The summed E-state index contributed by atoms with van der Waals surface area (Å²) < 4.78 is 22.3. The number of halogens is 1. The molecule has 0 saturated heterocycles. The van der Waals surface area contributed by atoms with Crippen molar-refractivity contribution in [2.24, 2.45) is 0 Å². The molecule has 1 amide bonds. The molecule has 0 aliphatic carbocycles. The Labute approximate surface area is 220 Å². The van der Waals surface area contributed by atoms with Gasteiger partial charge >= 0.3 is 0 Å². The van der Waals surface area contributed by atoms with Crippen molar-refractivity contribution >= 4 is 22.5 Å². The van der Waals surface area contributed by atoms with E-state index < -0.39 is 17.8 Å². The highest BCUT2D eigenvalue weighted by atomic mass is 19.1. The molecule has 4 aromatic carbocycles. The van der Waals surface area contributed by atoms with Gasteiger partial charge in [-0.2, -0.15) is 0 Å². The summed E-state index contributed by atoms with van der Waals surface area (Å²) in [5.41, 5.74) is 3.14. The van der Waals surface area contributed by atoms with Crippen molar-refractivity contribution in [2.45, 2.75) is 18.5 Å². The van der Waals surface area contributed by atoms with Gasteiger partial charge in [-0.3, -0.25) is 4.79 Å². The van der Waals surface area contributed by atoms with Gasteiger partial charge in [0.05, 0.1) is 20.3 Å². The number of rotatable bonds is 7. The fraction of sp³-hybridized carbons (Fsp3) is 0.156. The van der Waals surface area contributed by atoms with Crippen LogP contribution in [0.25, 0.3) is 10.9 Å². The van der Waals surface area contributed by atoms with Crippen LogP contribution in [0, 0.1) is 5.82 Å². The molecule has 0 bridgehead atoms. The highest BCUT2D eigenvalue weighted by Crippen LogP contribution is 2.49. The molecule has 1 aliphatic heterocycles. The summed E-state index contributed by atoms with van der Waals surface area (Å²) in [5, 5.41) is 11.8. The SMILES string of the molecule is COc1ccc2c(c1)c([C@@]1(CO)C(=O)N(Cc3ccccc3)c3ccc(F)cc31)cn2Cc1ccccc1. The predicted molar refractivity (Wildman–Crippen MR) is 146 cm³/mol. The lowest BCUT2D eigenvalue weighted by Gasteiger charge is -2.27. The number of fused-ring (bicyclic) bond motifs is 2. The van der Waals surface area contributed by atoms with Crippen molar-refractivity contribution in [3.05, 3.63) is 131 Å². The third-order valence-electron chi connectivity index (χ3n) is 7.48. The zero-order chi connectivity index (χ0) is 26.3. The average molecular weight is 507 g/mol. The molecule has 0 radical (unpaired) electrons. The lowest BCUT2D eigenvalue weighted by atomic mass is 9.76. The molecular formula is C32H27FN2O3. The first-order chi connectivity index (χ1) is 18.5. The summed E-state index contributed by atoms with van der Waals surface area (Å²) in [4.78, 5) is 16.1. The van der Waals surface area contributed by atoms with Crippen LogP contribution in [0.4, 0.5) is 10.1 Å². The zero-order valence-electron chi connectivity index (χ0n) is 21.0. The summed E-state index contributed by atoms with van der Waals surface area (Å²) in [6.45, 7) is 0.379. The van der Waals surface area contributed by atoms with Gasteiger partial charge in [0.1, 0.15) is 17.0 Å². The molecule has 1 N–H and O–H groups in total. The first-order valence-corrected chi connectivity index (χ1v) is 12.5. The second-order valence-corrected chi connectivity index (χ2v) is 9.64. The Balaban J connectivity index is 1.58. The Morgan fingerprint density at radius 2 is 1.53 bits per heavy atom. The van der Waals surface area contributed by atoms with Crippen molar-refractivity contribution in [1.29, 1.82) is 0 Å². The summed E-state index contributed by atoms with van der Waals surface area (Å²) in [6, 6.07) is 29.8. The molecule has 0 saturated carbocycles. The molecule has 1 aliphatic rings. The van der Waals surface area contributed by atoms with E-state index >= 15 is 0 Å². The van der Waals surface area contributed by atoms with Crippen LogP contribution in [-0.4, -0.2) is 29.3 Å². The van der Waals surface area contributed by atoms with Crippen molar-refractivity contribution in [3.63, 3.8) is 0 Å². The van der Waals surface area contributed by atoms with Crippen molar-refractivity contribution < 1.29 is 19.0 Å². The first-order valence-electron chi connectivity index (χ1n) is 12.5. The number of hydrogen-bond acceptors (Lipinski definition) is 3. The minimum absolute atomic E-state index is 0.286. The highest BCUT2D eigenvalue weighted by Gasteiger charge is 2.53. The third-order valence-corrected chi connectivity index (χ3v) is 7.48. The van der Waals surface area contributed by atoms with E-state index in [1.165, 1.54) is 12.1 Å². The maximum Gasteiger partial charge on any atom is 0.244 e. The summed E-state index contributed by atoms with van der Waals surface area (Å²) >= 11 is 0. The molecule has 5 aromatic rings. The molecule has 0 spiro atoms. The number of aromatic nitrogens is 1. The molecule has 38 heavy (non-hydrogen) atoms. The number of carbonyl (C=O) groups is 1. The van der Waals surface area contributed by atoms with Crippen LogP contribution >= 0.6 is 0 Å². The van der Waals surface area contributed by atoms with Crippen LogP contribution in [0.5, 0.6) is 5.75 Å². The monoisotopic (exact) mass is 506 g/mol. The quantitative estimate of drug-likeness (QED) is 0.310. The fourth-order valence-electron chi connectivity index (χ4n) is 5.62. The minimum atomic E-state index is -1.47. The summed E-state index contributed by atoms with van der Waals surface area (Å²) in [6.07, 6.45) is 1.92. The fourth-order valence-corrected chi connectivity index (χ4v) is 5.62. The van der Waals surface area contributed by atoms with Gasteiger partial charge in [-0.15, -0.1) is 0 Å². The van der Waals surface area contributed by atoms with Crippen LogP contribution in [0.2, 0.25) is 0 Å². The molecule has 190 valence electrons. The van der Waals surface area contributed by atoms with Crippen LogP contribution in [-0.2, 0) is 23.3 Å². The second kappa shape index (κ2) is 9.47. The molecule has 6 rings (SSSR count). The van der Waals surface area contributed by atoms with E-state index in [2.05, 4.69) is 4.57 Å². The minimum Gasteiger partial charge on any atom is -0.497 e. The highest BCUT2D eigenvalue weighted by molar-refractivity contribution is 6.12. The van der Waals surface area contributed by atoms with Crippen LogP contribution in [0.15, 0.2) is 103 Å². The Bertz CT molecular complexity index is 1630. The number of aliphatic hydroxyl groups is 1. The number of hydrogen-bond donors (Lipinski definition) is 1. The van der Waals surface area contributed by atoms with E-state index in [0.717, 1.165) is 22.0 Å². The number of ether oxygens (including phenoxy) is 1. The number of benzene rings is 4. The number of aliphatic hydroxyl groups excluding tert-OH is 1. The zero-order valence-corrected chi connectivity index (χ0v) is 21.0. The van der Waals surface area contributed by atoms with E-state index in [9.17, 15) is 14.3 Å². The number of anilines is 1. The van der Waals surface area contributed by atoms with Gasteiger partial charge in [0.2, 0.25) is 5.91 Å². The molecule has 1 aromatic heterocycles. The maximum atomic E-state index is 14.7. The summed E-state index contributed by atoms with van der Waals surface area (Å²) in [7, 11) is 1.59. The van der Waals surface area contributed by atoms with Crippen LogP contribution in [0.1, 0.15) is 22.3 Å². The molecule has 6 heteroatoms. The number of methoxy groups -OCH3 is 1. The average Bonchev–Trinajstić information content (AvgIpc) is 3.42. The van der Waals surface area contributed by atoms with E-state index in [1.54, 1.807) is 18.1 Å². The van der Waals surface area contributed by atoms with Gasteiger partial charge in [-0.05, 0) is 47.5 Å². The third kappa shape index (κ3) is 3.76. The van der Waals surface area contributed by atoms with Gasteiger partial charge in [0.15, 0.2) is 0 Å². The van der Waals surface area contributed by atoms with Crippen LogP contribution < -0.4 is 9.64 Å². The molecule has 1 atom stereocenters. The number of carbonyl (C=O) groups excluding carboxylic acids is 1. The van der Waals surface area contributed by atoms with Gasteiger partial charge in [0.25, 0.3) is 0 Å². The molecule has 0 fully saturated rings. The molecule has 2 heterocycles. The van der Waals surface area contributed by atoms with E-state index in [-0.39, 0.29) is 5.91 Å². The van der Waals surface area contributed by atoms with Crippen molar-refractivity contribution in [2.75, 3.05) is 18.6 Å². The maximum absolute atomic E-state index is 14.7. The van der Waals surface area contributed by atoms with Gasteiger partial charge in [-0.1, -0.05) is 60.7 Å². The van der Waals surface area contributed by atoms with Gasteiger partial charge in [0, 0.05) is 40.5 Å². The first kappa shape index (κ1) is 23.9. The second-order valence-electron chi connectivity index (χ2n) is 9.64. The lowest BCUT2D eigenvalue weighted by Crippen LogP contribution is -2.43. The number of amides is 1. The standard InChI is InChI=1S/C32H27FN2O3/c1-38-25-13-15-29-26(17-25)28(20-34(29)18-22-8-4-2-5-9-22)32(21-36)27-16-24(33)12-14-30(27)35(31(32)37)19-23-10-6-3-7-11-23/h2-17,20,36H,18-19,21H2,1H3/t32-/m0/s1. The smallest absolute Gasteiger partial charge is 0.244 e. The molecule has 5 nitrogen and oxygen atoms in total. The Morgan fingerprint density at radius 1 is 0.842 bits per heavy atom. The van der Waals surface area contributed by atoms with Crippen LogP contribution in [0.3, 0.4) is 0 Å². The molecule has 0 unspecified atom stereocenters. The van der Waals surface area contributed by atoms with Crippen molar-refractivity contribution in [1.82, 2.24) is 4.57 Å². The Hall–Kier alpha value is -4.42. The number of nitrogens with zero attached hydrogens (tertiary/aromatic N) is 2. The van der Waals surface area contributed by atoms with E-state index in [1.807, 2.05) is 85.1 Å². The largest absolute Gasteiger partial charge is 0.497 e. The predicted octanol–water partition coefficient (Wildman–Crippen LogP) is 5.66. The van der Waals surface area contributed by atoms with E-state index in [0.29, 0.717) is 35.7 Å². The topological polar surface area (TPSA) is 54.7 Å². The molecular weight excluding hydrogens is 479 g/mol. The Kier molecular flexibility index (Phi) is 5.97. The lowest BCUT2D eigenvalue weighted by molar-refractivity contribution is -0.123. The van der Waals surface area contributed by atoms with Gasteiger partial charge < -0.3 is 19.3 Å². The van der Waals surface area contributed by atoms with E-state index in [4.69, 9.17) is 4.74 Å². The normalized spacial score (nSPS) is 16.7. The Morgan fingerprint density at radius 3 is 2.18 bits per heavy atom. The summed E-state index contributed by atoms with van der Waals surface area (Å²) in [5.74, 6) is -0.108. The van der Waals surface area contributed by atoms with Gasteiger partial charge in [-0.25, -0.2) is 4.39 Å².